The molecule has 0 amide bonds. The summed E-state index contributed by atoms with van der Waals surface area (Å²) < 4.78 is 2.00. The lowest BCUT2D eigenvalue weighted by Crippen LogP contribution is -2.51. The van der Waals surface area contributed by atoms with Crippen LogP contribution < -0.4 is 0 Å². The summed E-state index contributed by atoms with van der Waals surface area (Å²) in [6.07, 6.45) is 18.9. The minimum Gasteiger partial charge on any atom is -0.391 e. The number of nitrogens with zero attached hydrogens (tertiary/aromatic N) is 2. The van der Waals surface area contributed by atoms with Crippen molar-refractivity contribution in [2.75, 3.05) is 0 Å². The first-order valence-corrected chi connectivity index (χ1v) is 14.4. The lowest BCUT2D eigenvalue weighted by molar-refractivity contribution is -0.100. The summed E-state index contributed by atoms with van der Waals surface area (Å²) in [7, 11) is 0. The smallest absolute Gasteiger partial charge is 0.0769 e. The zero-order chi connectivity index (χ0) is 23.8. The molecule has 0 aliphatic heterocycles. The Morgan fingerprint density at radius 1 is 1.06 bits per heavy atom. The molecule has 8 atom stereocenters. The van der Waals surface area contributed by atoms with Crippen LogP contribution in [0.5, 0.6) is 0 Å². The first-order valence-electron chi connectivity index (χ1n) is 14.4. The Kier molecular flexibility index (Phi) is 7.68. The van der Waals surface area contributed by atoms with Gasteiger partial charge in [0.2, 0.25) is 0 Å². The molecule has 4 rings (SSSR count). The van der Waals surface area contributed by atoms with Crippen molar-refractivity contribution in [1.29, 1.82) is 0 Å². The quantitative estimate of drug-likeness (QED) is 0.411. The Hall–Kier alpha value is -0.830. The molecular weight excluding hydrogens is 404 g/mol. The van der Waals surface area contributed by atoms with Gasteiger partial charge in [0.1, 0.15) is 0 Å². The van der Waals surface area contributed by atoms with Crippen LogP contribution >= 0.6 is 0 Å². The fourth-order valence-corrected chi connectivity index (χ4v) is 8.96. The van der Waals surface area contributed by atoms with E-state index in [4.69, 9.17) is 0 Å². The lowest BCUT2D eigenvalue weighted by atomic mass is 9.47. The van der Waals surface area contributed by atoms with E-state index in [0.29, 0.717) is 29.2 Å². The number of hydrogen-bond donors (Lipinski definition) is 1. The maximum Gasteiger partial charge on any atom is 0.0769 e. The Morgan fingerprint density at radius 2 is 1.82 bits per heavy atom. The molecule has 1 heterocycles. The molecule has 0 radical (unpaired) electrons. The van der Waals surface area contributed by atoms with Gasteiger partial charge in [-0.25, -0.2) is 0 Å². The van der Waals surface area contributed by atoms with Gasteiger partial charge >= 0.3 is 0 Å². The van der Waals surface area contributed by atoms with E-state index in [1.54, 1.807) is 0 Å². The van der Waals surface area contributed by atoms with Crippen LogP contribution in [-0.4, -0.2) is 21.0 Å². The highest BCUT2D eigenvalue weighted by atomic mass is 16.3. The van der Waals surface area contributed by atoms with Crippen molar-refractivity contribution in [2.24, 2.45) is 40.4 Å². The van der Waals surface area contributed by atoms with Gasteiger partial charge in [0, 0.05) is 6.20 Å². The van der Waals surface area contributed by atoms with Crippen molar-refractivity contribution in [3.63, 3.8) is 0 Å². The second-order valence-corrected chi connectivity index (χ2v) is 13.1. The topological polar surface area (TPSA) is 38.0 Å². The summed E-state index contributed by atoms with van der Waals surface area (Å²) in [5.74, 6) is 4.46. The molecule has 1 aromatic heterocycles. The van der Waals surface area contributed by atoms with E-state index >= 15 is 0 Å². The first kappa shape index (κ1) is 25.3. The highest BCUT2D eigenvalue weighted by Gasteiger charge is 2.59. The fraction of sp³-hybridized carbons (Fsp3) is 0.900. The Balaban J connectivity index is 1.48. The third-order valence-corrected chi connectivity index (χ3v) is 10.9. The number of fused-ring (bicyclic) bond motifs is 3. The Labute approximate surface area is 204 Å². The molecule has 33 heavy (non-hydrogen) atoms. The average molecular weight is 457 g/mol. The molecule has 3 fully saturated rings. The van der Waals surface area contributed by atoms with Crippen molar-refractivity contribution in [2.45, 2.75) is 131 Å². The predicted molar refractivity (Wildman–Crippen MR) is 138 cm³/mol. The van der Waals surface area contributed by atoms with Crippen LogP contribution in [0.3, 0.4) is 0 Å². The standard InChI is InChI=1S/C30H52N2O/c1-7-9-15-29(5)16-13-24-23(25(29)10-8-2)14-17-30(6)26(24)11-12-27(30)28(33)20-32-19-22(18-31-32)21(3)4/h18-19,21,23-28,33H,7-17,20H2,1-6H3. The average Bonchev–Trinajstić information content (AvgIpc) is 3.38. The molecule has 3 heteroatoms. The minimum absolute atomic E-state index is 0.277. The van der Waals surface area contributed by atoms with E-state index in [9.17, 15) is 5.11 Å². The third kappa shape index (κ3) is 4.69. The SMILES string of the molecule is CCCCC1(C)CCC2C(CCC3(C)C(C(O)Cn4cc(C(C)C)cn4)CCC23)C1CCC. The van der Waals surface area contributed by atoms with Crippen molar-refractivity contribution >= 4 is 0 Å². The maximum atomic E-state index is 11.4. The van der Waals surface area contributed by atoms with Crippen LogP contribution in [0.4, 0.5) is 0 Å². The Morgan fingerprint density at radius 3 is 2.48 bits per heavy atom. The summed E-state index contributed by atoms with van der Waals surface area (Å²) in [6.45, 7) is 15.0. The number of unbranched alkanes of at least 4 members (excludes halogenated alkanes) is 1. The van der Waals surface area contributed by atoms with E-state index in [-0.39, 0.29) is 6.10 Å². The summed E-state index contributed by atoms with van der Waals surface area (Å²) in [6, 6.07) is 0. The highest BCUT2D eigenvalue weighted by molar-refractivity contribution is 5.10. The fourth-order valence-electron chi connectivity index (χ4n) is 8.96. The van der Waals surface area contributed by atoms with Crippen LogP contribution in [0.1, 0.15) is 124 Å². The number of aromatic nitrogens is 2. The van der Waals surface area contributed by atoms with E-state index in [1.165, 1.54) is 76.2 Å². The van der Waals surface area contributed by atoms with E-state index in [0.717, 1.165) is 23.7 Å². The molecule has 0 bridgehead atoms. The molecule has 1 aromatic rings. The number of aliphatic hydroxyl groups is 1. The van der Waals surface area contributed by atoms with Crippen molar-refractivity contribution in [1.82, 2.24) is 9.78 Å². The van der Waals surface area contributed by atoms with Crippen LogP contribution in [0.25, 0.3) is 0 Å². The molecule has 3 aliphatic rings. The molecule has 0 saturated heterocycles. The highest BCUT2D eigenvalue weighted by Crippen LogP contribution is 2.66. The number of aliphatic hydroxyl groups excluding tert-OH is 1. The van der Waals surface area contributed by atoms with Crippen LogP contribution in [0, 0.1) is 40.4 Å². The van der Waals surface area contributed by atoms with Gasteiger partial charge in [-0.15, -0.1) is 0 Å². The molecule has 3 saturated carbocycles. The molecule has 0 spiro atoms. The van der Waals surface area contributed by atoms with Gasteiger partial charge in [-0.1, -0.05) is 60.8 Å². The molecule has 1 N–H and O–H groups in total. The van der Waals surface area contributed by atoms with Crippen molar-refractivity contribution in [3.05, 3.63) is 18.0 Å². The summed E-state index contributed by atoms with van der Waals surface area (Å²) in [4.78, 5) is 0. The second-order valence-electron chi connectivity index (χ2n) is 13.1. The maximum absolute atomic E-state index is 11.4. The monoisotopic (exact) mass is 456 g/mol. The molecule has 3 nitrogen and oxygen atoms in total. The Bertz CT molecular complexity index is 771. The molecule has 3 aliphatic carbocycles. The predicted octanol–water partition coefficient (Wildman–Crippen LogP) is 7.83. The summed E-state index contributed by atoms with van der Waals surface area (Å²) >= 11 is 0. The van der Waals surface area contributed by atoms with Gasteiger partial charge < -0.3 is 5.11 Å². The summed E-state index contributed by atoms with van der Waals surface area (Å²) in [5, 5.41) is 16.0. The zero-order valence-electron chi connectivity index (χ0n) is 22.5. The second kappa shape index (κ2) is 10.0. The summed E-state index contributed by atoms with van der Waals surface area (Å²) in [5.41, 5.74) is 2.14. The van der Waals surface area contributed by atoms with Crippen LogP contribution in [0.2, 0.25) is 0 Å². The van der Waals surface area contributed by atoms with Gasteiger partial charge in [0.25, 0.3) is 0 Å². The van der Waals surface area contributed by atoms with Crippen molar-refractivity contribution in [3.8, 4) is 0 Å². The van der Waals surface area contributed by atoms with Gasteiger partial charge in [-0.2, -0.15) is 5.10 Å². The lowest BCUT2D eigenvalue weighted by Gasteiger charge is -2.58. The van der Waals surface area contributed by atoms with Gasteiger partial charge in [0.15, 0.2) is 0 Å². The van der Waals surface area contributed by atoms with Gasteiger partial charge in [0.05, 0.1) is 18.8 Å². The first-order chi connectivity index (χ1) is 15.7. The molecule has 188 valence electrons. The third-order valence-electron chi connectivity index (χ3n) is 10.9. The van der Waals surface area contributed by atoms with Gasteiger partial charge in [-0.05, 0) is 103 Å². The number of hydrogen-bond acceptors (Lipinski definition) is 2. The van der Waals surface area contributed by atoms with E-state index < -0.39 is 0 Å². The van der Waals surface area contributed by atoms with Gasteiger partial charge in [-0.3, -0.25) is 4.68 Å². The number of rotatable bonds is 9. The zero-order valence-corrected chi connectivity index (χ0v) is 22.5. The van der Waals surface area contributed by atoms with Crippen molar-refractivity contribution < 1.29 is 5.11 Å². The molecule has 0 aromatic carbocycles. The molecular formula is C30H52N2O. The van der Waals surface area contributed by atoms with Crippen LogP contribution in [0.15, 0.2) is 12.4 Å². The molecule has 8 unspecified atom stereocenters. The minimum atomic E-state index is -0.277. The van der Waals surface area contributed by atoms with E-state index in [2.05, 4.69) is 52.8 Å². The largest absolute Gasteiger partial charge is 0.391 e. The van der Waals surface area contributed by atoms with Crippen LogP contribution in [-0.2, 0) is 6.54 Å². The normalized spacial score (nSPS) is 39.5. The van der Waals surface area contributed by atoms with E-state index in [1.807, 2.05) is 10.9 Å².